The first-order valence-electron chi connectivity index (χ1n) is 10.00. The Bertz CT molecular complexity index is 1040. The summed E-state index contributed by atoms with van der Waals surface area (Å²) < 4.78 is 21.0. The maximum absolute atomic E-state index is 14.0. The molecule has 1 N–H and O–H groups in total. The molecule has 1 fully saturated rings. The van der Waals surface area contributed by atoms with Gasteiger partial charge in [0.1, 0.15) is 17.3 Å². The molecule has 4 rings (SSSR count). The van der Waals surface area contributed by atoms with Gasteiger partial charge in [0, 0.05) is 5.69 Å². The largest absolute Gasteiger partial charge is 0.507 e. The van der Waals surface area contributed by atoms with Crippen molar-refractivity contribution in [2.75, 3.05) is 13.1 Å². The topological polar surface area (TPSA) is 58.6 Å². The SMILES string of the molecule is Cc1cc(O)c([C@@H](c2cccc(F)c2)N2CCCCC2)c(=O)n1Cc1ccco1. The van der Waals surface area contributed by atoms with Crippen LogP contribution in [0.2, 0.25) is 0 Å². The van der Waals surface area contributed by atoms with Crippen LogP contribution in [-0.4, -0.2) is 27.7 Å². The van der Waals surface area contributed by atoms with E-state index in [9.17, 15) is 14.3 Å². The smallest absolute Gasteiger partial charge is 0.260 e. The Morgan fingerprint density at radius 1 is 1.14 bits per heavy atom. The fourth-order valence-electron chi connectivity index (χ4n) is 4.19. The lowest BCUT2D eigenvalue weighted by Crippen LogP contribution is -2.38. The van der Waals surface area contributed by atoms with Crippen molar-refractivity contribution in [1.29, 1.82) is 0 Å². The highest BCUT2D eigenvalue weighted by molar-refractivity contribution is 5.41. The van der Waals surface area contributed by atoms with Crippen LogP contribution in [0, 0.1) is 12.7 Å². The lowest BCUT2D eigenvalue weighted by Gasteiger charge is -2.35. The van der Waals surface area contributed by atoms with Crippen LogP contribution < -0.4 is 5.56 Å². The molecule has 1 aliphatic rings. The molecule has 1 aromatic carbocycles. The van der Waals surface area contributed by atoms with Crippen molar-refractivity contribution in [3.8, 4) is 5.75 Å². The van der Waals surface area contributed by atoms with Gasteiger partial charge in [-0.2, -0.15) is 0 Å². The van der Waals surface area contributed by atoms with Crippen molar-refractivity contribution >= 4 is 0 Å². The van der Waals surface area contributed by atoms with E-state index in [0.717, 1.165) is 32.4 Å². The molecule has 3 aromatic rings. The van der Waals surface area contributed by atoms with Gasteiger partial charge in [0.25, 0.3) is 5.56 Å². The molecule has 2 aromatic heterocycles. The zero-order valence-corrected chi connectivity index (χ0v) is 16.5. The summed E-state index contributed by atoms with van der Waals surface area (Å²) in [5, 5.41) is 10.8. The van der Waals surface area contributed by atoms with E-state index in [1.807, 2.05) is 12.1 Å². The van der Waals surface area contributed by atoms with E-state index in [1.165, 1.54) is 12.1 Å². The second-order valence-electron chi connectivity index (χ2n) is 7.61. The van der Waals surface area contributed by atoms with E-state index in [-0.39, 0.29) is 29.2 Å². The van der Waals surface area contributed by atoms with Crippen LogP contribution in [0.1, 0.15) is 47.9 Å². The molecule has 0 aliphatic carbocycles. The molecular formula is C23H25FN2O3. The van der Waals surface area contributed by atoms with E-state index in [2.05, 4.69) is 4.90 Å². The third-order valence-electron chi connectivity index (χ3n) is 5.61. The van der Waals surface area contributed by atoms with Crippen molar-refractivity contribution in [3.63, 3.8) is 0 Å². The minimum absolute atomic E-state index is 0.0528. The number of piperidine rings is 1. The molecule has 0 amide bonds. The predicted molar refractivity (Wildman–Crippen MR) is 109 cm³/mol. The molecule has 1 saturated heterocycles. The minimum Gasteiger partial charge on any atom is -0.507 e. The minimum atomic E-state index is -0.498. The van der Waals surface area contributed by atoms with Gasteiger partial charge in [0.2, 0.25) is 0 Å². The fraction of sp³-hybridized carbons (Fsp3) is 0.348. The average Bonchev–Trinajstić information content (AvgIpc) is 3.22. The number of hydrogen-bond acceptors (Lipinski definition) is 4. The Morgan fingerprint density at radius 3 is 2.62 bits per heavy atom. The molecule has 0 radical (unpaired) electrons. The maximum Gasteiger partial charge on any atom is 0.260 e. The van der Waals surface area contributed by atoms with Crippen LogP contribution in [0.4, 0.5) is 4.39 Å². The van der Waals surface area contributed by atoms with E-state index < -0.39 is 6.04 Å². The molecule has 6 heteroatoms. The third-order valence-corrected chi connectivity index (χ3v) is 5.61. The Hall–Kier alpha value is -2.86. The molecule has 3 heterocycles. The highest BCUT2D eigenvalue weighted by Crippen LogP contribution is 2.34. The highest BCUT2D eigenvalue weighted by Gasteiger charge is 2.30. The molecule has 152 valence electrons. The van der Waals surface area contributed by atoms with Gasteiger partial charge in [-0.3, -0.25) is 9.69 Å². The van der Waals surface area contributed by atoms with Gasteiger partial charge in [-0.05, 0) is 68.8 Å². The van der Waals surface area contributed by atoms with Crippen LogP contribution in [-0.2, 0) is 6.54 Å². The molecule has 0 unspecified atom stereocenters. The molecule has 5 nitrogen and oxygen atoms in total. The summed E-state index contributed by atoms with van der Waals surface area (Å²) in [7, 11) is 0. The van der Waals surface area contributed by atoms with Crippen LogP contribution in [0.15, 0.2) is 57.9 Å². The number of aromatic nitrogens is 1. The first kappa shape index (κ1) is 19.5. The summed E-state index contributed by atoms with van der Waals surface area (Å²) in [6, 6.07) is 11.0. The van der Waals surface area contributed by atoms with Gasteiger partial charge in [-0.15, -0.1) is 0 Å². The zero-order chi connectivity index (χ0) is 20.4. The number of likely N-dealkylation sites (tertiary alicyclic amines) is 1. The Kier molecular flexibility index (Phi) is 5.53. The molecule has 1 atom stereocenters. The summed E-state index contributed by atoms with van der Waals surface area (Å²) in [6.07, 6.45) is 4.73. The van der Waals surface area contributed by atoms with Crippen LogP contribution in [0.3, 0.4) is 0 Å². The lowest BCUT2D eigenvalue weighted by atomic mass is 9.94. The number of hydrogen-bond donors (Lipinski definition) is 1. The Morgan fingerprint density at radius 2 is 1.93 bits per heavy atom. The van der Waals surface area contributed by atoms with Crippen LogP contribution in [0.5, 0.6) is 5.75 Å². The van der Waals surface area contributed by atoms with Crippen LogP contribution in [0.25, 0.3) is 0 Å². The maximum atomic E-state index is 14.0. The van der Waals surface area contributed by atoms with Gasteiger partial charge in [-0.1, -0.05) is 18.6 Å². The monoisotopic (exact) mass is 396 g/mol. The second kappa shape index (κ2) is 8.25. The van der Waals surface area contributed by atoms with Crippen molar-refractivity contribution in [1.82, 2.24) is 9.47 Å². The quantitative estimate of drug-likeness (QED) is 0.702. The summed E-state index contributed by atoms with van der Waals surface area (Å²) >= 11 is 0. The molecule has 0 bridgehead atoms. The molecule has 0 spiro atoms. The molecular weight excluding hydrogens is 371 g/mol. The van der Waals surface area contributed by atoms with Crippen LogP contribution >= 0.6 is 0 Å². The second-order valence-corrected chi connectivity index (χ2v) is 7.61. The molecule has 29 heavy (non-hydrogen) atoms. The zero-order valence-electron chi connectivity index (χ0n) is 16.5. The van der Waals surface area contributed by atoms with Gasteiger partial charge < -0.3 is 14.1 Å². The molecule has 0 saturated carbocycles. The summed E-state index contributed by atoms with van der Waals surface area (Å²) in [6.45, 7) is 3.66. The number of aryl methyl sites for hydroxylation is 1. The van der Waals surface area contributed by atoms with E-state index in [0.29, 0.717) is 17.0 Å². The summed E-state index contributed by atoms with van der Waals surface area (Å²) in [5.74, 6) is 0.252. The summed E-state index contributed by atoms with van der Waals surface area (Å²) in [5.41, 5.74) is 1.32. The van der Waals surface area contributed by atoms with E-state index in [1.54, 1.807) is 36.0 Å². The molecule has 1 aliphatic heterocycles. The third kappa shape index (κ3) is 3.98. The standard InChI is InChI=1S/C23H25FN2O3/c1-16-13-20(27)21(23(28)26(16)15-19-9-6-12-29-19)22(25-10-3-2-4-11-25)17-7-5-8-18(24)14-17/h5-9,12-14,22,27H,2-4,10-11,15H2,1H3/t22-/m1/s1. The lowest BCUT2D eigenvalue weighted by molar-refractivity contribution is 0.183. The van der Waals surface area contributed by atoms with Crippen molar-refractivity contribution in [2.45, 2.75) is 38.8 Å². The van der Waals surface area contributed by atoms with E-state index >= 15 is 0 Å². The Balaban J connectivity index is 1.86. The first-order valence-corrected chi connectivity index (χ1v) is 10.00. The number of halogens is 1. The van der Waals surface area contributed by atoms with Crippen molar-refractivity contribution in [3.05, 3.63) is 87.5 Å². The first-order chi connectivity index (χ1) is 14.0. The van der Waals surface area contributed by atoms with Crippen molar-refractivity contribution < 1.29 is 13.9 Å². The van der Waals surface area contributed by atoms with Crippen molar-refractivity contribution in [2.24, 2.45) is 0 Å². The number of aromatic hydroxyl groups is 1. The van der Waals surface area contributed by atoms with E-state index in [4.69, 9.17) is 4.42 Å². The number of pyridine rings is 1. The normalized spacial score (nSPS) is 16.1. The average molecular weight is 396 g/mol. The number of rotatable bonds is 5. The fourth-order valence-corrected chi connectivity index (χ4v) is 4.19. The number of benzene rings is 1. The number of furan rings is 1. The predicted octanol–water partition coefficient (Wildman–Crippen LogP) is 4.22. The summed E-state index contributed by atoms with van der Waals surface area (Å²) in [4.78, 5) is 15.7. The highest BCUT2D eigenvalue weighted by atomic mass is 19.1. The van der Waals surface area contributed by atoms with Gasteiger partial charge in [0.15, 0.2) is 0 Å². The Labute approximate surface area is 169 Å². The van der Waals surface area contributed by atoms with Gasteiger partial charge in [0.05, 0.1) is 24.4 Å². The van der Waals surface area contributed by atoms with Gasteiger partial charge >= 0.3 is 0 Å². The number of nitrogens with zero attached hydrogens (tertiary/aromatic N) is 2. The van der Waals surface area contributed by atoms with Gasteiger partial charge in [-0.25, -0.2) is 4.39 Å².